The first-order valence-electron chi connectivity index (χ1n) is 7.61. The van der Waals surface area contributed by atoms with Gasteiger partial charge in [0.15, 0.2) is 5.82 Å². The number of carbonyl (C=O) groups is 1. The molecule has 3 rings (SSSR count). The summed E-state index contributed by atoms with van der Waals surface area (Å²) in [6.45, 7) is 0.691. The van der Waals surface area contributed by atoms with Gasteiger partial charge >= 0.3 is 0 Å². The number of likely N-dealkylation sites (tertiary alicyclic amines) is 1. The highest BCUT2D eigenvalue weighted by molar-refractivity contribution is 5.92. The standard InChI is InChI=1S/C16H19N3O3/c20-10-8-11-5-3-4-9-19(11)16(22)14-17-13-7-2-1-6-12(13)15(21)18-14/h1-2,6-7,11,20H,3-5,8-10H2,(H,17,18,21). The van der Waals surface area contributed by atoms with Crippen LogP contribution in [0.25, 0.3) is 10.9 Å². The van der Waals surface area contributed by atoms with Gasteiger partial charge < -0.3 is 15.0 Å². The van der Waals surface area contributed by atoms with Gasteiger partial charge in [0, 0.05) is 19.2 Å². The number of hydrogen-bond donors (Lipinski definition) is 2. The Morgan fingerprint density at radius 1 is 1.36 bits per heavy atom. The summed E-state index contributed by atoms with van der Waals surface area (Å²) < 4.78 is 0. The van der Waals surface area contributed by atoms with Gasteiger partial charge in [-0.1, -0.05) is 12.1 Å². The van der Waals surface area contributed by atoms with Gasteiger partial charge in [-0.05, 0) is 37.8 Å². The number of aromatic nitrogens is 2. The highest BCUT2D eigenvalue weighted by atomic mass is 16.3. The molecule has 116 valence electrons. The molecule has 1 saturated heterocycles. The second kappa shape index (κ2) is 6.27. The van der Waals surface area contributed by atoms with Gasteiger partial charge in [-0.15, -0.1) is 0 Å². The van der Waals surface area contributed by atoms with Crippen molar-refractivity contribution < 1.29 is 9.90 Å². The Balaban J connectivity index is 1.95. The monoisotopic (exact) mass is 301 g/mol. The SMILES string of the molecule is O=C(c1nc2ccccc2c(=O)[nH]1)N1CCCCC1CCO. The van der Waals surface area contributed by atoms with Crippen molar-refractivity contribution in [1.82, 2.24) is 14.9 Å². The van der Waals surface area contributed by atoms with E-state index in [4.69, 9.17) is 5.11 Å². The van der Waals surface area contributed by atoms with E-state index < -0.39 is 0 Å². The molecule has 2 heterocycles. The third-order valence-electron chi connectivity index (χ3n) is 4.17. The number of amides is 1. The molecule has 0 spiro atoms. The quantitative estimate of drug-likeness (QED) is 0.894. The smallest absolute Gasteiger partial charge is 0.290 e. The topological polar surface area (TPSA) is 86.3 Å². The second-order valence-electron chi connectivity index (χ2n) is 5.59. The fourth-order valence-corrected chi connectivity index (χ4v) is 3.04. The van der Waals surface area contributed by atoms with E-state index >= 15 is 0 Å². The highest BCUT2D eigenvalue weighted by Gasteiger charge is 2.28. The highest BCUT2D eigenvalue weighted by Crippen LogP contribution is 2.21. The molecule has 0 aliphatic carbocycles. The molecule has 1 unspecified atom stereocenters. The van der Waals surface area contributed by atoms with E-state index in [1.54, 1.807) is 29.2 Å². The number of rotatable bonds is 3. The number of para-hydroxylation sites is 1. The molecule has 0 saturated carbocycles. The lowest BCUT2D eigenvalue weighted by atomic mass is 9.99. The fraction of sp³-hybridized carbons (Fsp3) is 0.438. The van der Waals surface area contributed by atoms with Gasteiger partial charge in [-0.3, -0.25) is 9.59 Å². The number of piperidine rings is 1. The zero-order chi connectivity index (χ0) is 15.5. The van der Waals surface area contributed by atoms with Crippen molar-refractivity contribution in [3.8, 4) is 0 Å². The zero-order valence-corrected chi connectivity index (χ0v) is 12.3. The van der Waals surface area contributed by atoms with Crippen LogP contribution < -0.4 is 5.56 Å². The minimum Gasteiger partial charge on any atom is -0.396 e. The molecule has 1 fully saturated rings. The number of hydrogen-bond acceptors (Lipinski definition) is 4. The Morgan fingerprint density at radius 3 is 3.00 bits per heavy atom. The molecule has 1 aliphatic heterocycles. The summed E-state index contributed by atoms with van der Waals surface area (Å²) in [5, 5.41) is 9.64. The molecule has 1 aliphatic rings. The molecule has 2 aromatic rings. The third kappa shape index (κ3) is 2.74. The number of aliphatic hydroxyl groups excluding tert-OH is 1. The lowest BCUT2D eigenvalue weighted by Gasteiger charge is -2.35. The number of H-pyrrole nitrogens is 1. The van der Waals surface area contributed by atoms with Crippen molar-refractivity contribution in [2.45, 2.75) is 31.7 Å². The Labute approximate surface area is 127 Å². The number of aliphatic hydroxyl groups is 1. The van der Waals surface area contributed by atoms with Crippen molar-refractivity contribution in [3.05, 3.63) is 40.4 Å². The number of nitrogens with one attached hydrogen (secondary N) is 1. The minimum atomic E-state index is -0.301. The first-order valence-corrected chi connectivity index (χ1v) is 7.61. The molecule has 2 N–H and O–H groups in total. The number of carbonyl (C=O) groups excluding carboxylic acids is 1. The number of fused-ring (bicyclic) bond motifs is 1. The molecule has 22 heavy (non-hydrogen) atoms. The number of nitrogens with zero attached hydrogens (tertiary/aromatic N) is 2. The largest absolute Gasteiger partial charge is 0.396 e. The predicted octanol–water partition coefficient (Wildman–Crippen LogP) is 1.30. The molecular weight excluding hydrogens is 282 g/mol. The van der Waals surface area contributed by atoms with Crippen molar-refractivity contribution in [2.24, 2.45) is 0 Å². The Hall–Kier alpha value is -2.21. The summed E-state index contributed by atoms with van der Waals surface area (Å²) >= 11 is 0. The fourth-order valence-electron chi connectivity index (χ4n) is 3.04. The maximum atomic E-state index is 12.7. The second-order valence-corrected chi connectivity index (χ2v) is 5.59. The zero-order valence-electron chi connectivity index (χ0n) is 12.3. The summed E-state index contributed by atoms with van der Waals surface area (Å²) in [5.74, 6) is -0.186. The lowest BCUT2D eigenvalue weighted by Crippen LogP contribution is -2.45. The van der Waals surface area contributed by atoms with Gasteiger partial charge in [0.2, 0.25) is 0 Å². The van der Waals surface area contributed by atoms with Crippen LogP contribution in [0.2, 0.25) is 0 Å². The van der Waals surface area contributed by atoms with Crippen molar-refractivity contribution in [3.63, 3.8) is 0 Å². The van der Waals surface area contributed by atoms with E-state index in [1.807, 2.05) is 0 Å². The average Bonchev–Trinajstić information content (AvgIpc) is 2.55. The summed E-state index contributed by atoms with van der Waals surface area (Å²) in [4.78, 5) is 33.4. The predicted molar refractivity (Wildman–Crippen MR) is 82.7 cm³/mol. The van der Waals surface area contributed by atoms with Crippen LogP contribution in [-0.2, 0) is 0 Å². The molecule has 1 aromatic heterocycles. The molecule has 6 nitrogen and oxygen atoms in total. The van der Waals surface area contributed by atoms with Gasteiger partial charge in [-0.2, -0.15) is 0 Å². The van der Waals surface area contributed by atoms with E-state index in [-0.39, 0.29) is 29.9 Å². The van der Waals surface area contributed by atoms with Gasteiger partial charge in [0.1, 0.15) is 0 Å². The van der Waals surface area contributed by atoms with E-state index in [9.17, 15) is 9.59 Å². The molecule has 1 aromatic carbocycles. The first-order chi connectivity index (χ1) is 10.7. The van der Waals surface area contributed by atoms with Crippen molar-refractivity contribution in [1.29, 1.82) is 0 Å². The summed E-state index contributed by atoms with van der Waals surface area (Å²) in [6.07, 6.45) is 3.43. The Kier molecular flexibility index (Phi) is 4.20. The van der Waals surface area contributed by atoms with Crippen molar-refractivity contribution >= 4 is 16.8 Å². The van der Waals surface area contributed by atoms with E-state index in [0.29, 0.717) is 23.9 Å². The first kappa shape index (κ1) is 14.7. The molecular formula is C16H19N3O3. The van der Waals surface area contributed by atoms with Gasteiger partial charge in [-0.25, -0.2) is 4.98 Å². The number of benzene rings is 1. The lowest BCUT2D eigenvalue weighted by molar-refractivity contribution is 0.0562. The van der Waals surface area contributed by atoms with Crippen molar-refractivity contribution in [2.75, 3.05) is 13.2 Å². The maximum absolute atomic E-state index is 12.7. The van der Waals surface area contributed by atoms with Crippen LogP contribution in [0.1, 0.15) is 36.3 Å². The molecule has 6 heteroatoms. The molecule has 0 radical (unpaired) electrons. The summed E-state index contributed by atoms with van der Waals surface area (Å²) in [7, 11) is 0. The van der Waals surface area contributed by atoms with E-state index in [0.717, 1.165) is 19.3 Å². The van der Waals surface area contributed by atoms with Gasteiger partial charge in [0.05, 0.1) is 10.9 Å². The van der Waals surface area contributed by atoms with Crippen LogP contribution in [-0.4, -0.2) is 45.1 Å². The van der Waals surface area contributed by atoms with E-state index in [1.165, 1.54) is 0 Å². The Bertz CT molecular complexity index is 739. The Morgan fingerprint density at radius 2 is 2.18 bits per heavy atom. The van der Waals surface area contributed by atoms with Gasteiger partial charge in [0.25, 0.3) is 11.5 Å². The van der Waals surface area contributed by atoms with Crippen LogP contribution in [0.4, 0.5) is 0 Å². The third-order valence-corrected chi connectivity index (χ3v) is 4.17. The maximum Gasteiger partial charge on any atom is 0.290 e. The normalized spacial score (nSPS) is 18.6. The number of aromatic amines is 1. The minimum absolute atomic E-state index is 0.0167. The van der Waals surface area contributed by atoms with Crippen LogP contribution in [0.5, 0.6) is 0 Å². The average molecular weight is 301 g/mol. The summed E-state index contributed by atoms with van der Waals surface area (Å²) in [5.41, 5.74) is 0.218. The van der Waals surface area contributed by atoms with Crippen LogP contribution >= 0.6 is 0 Å². The molecule has 1 atom stereocenters. The van der Waals surface area contributed by atoms with Crippen LogP contribution in [0.3, 0.4) is 0 Å². The molecule has 0 bridgehead atoms. The summed E-state index contributed by atoms with van der Waals surface area (Å²) in [6, 6.07) is 6.98. The molecule has 1 amide bonds. The van der Waals surface area contributed by atoms with Crippen LogP contribution in [0.15, 0.2) is 29.1 Å². The van der Waals surface area contributed by atoms with E-state index in [2.05, 4.69) is 9.97 Å². The van der Waals surface area contributed by atoms with Crippen LogP contribution in [0, 0.1) is 0 Å².